The van der Waals surface area contributed by atoms with E-state index in [0.29, 0.717) is 11.3 Å². The van der Waals surface area contributed by atoms with Crippen LogP contribution in [-0.2, 0) is 20.9 Å². The van der Waals surface area contributed by atoms with Crippen LogP contribution < -0.4 is 10.1 Å². The van der Waals surface area contributed by atoms with Crippen LogP contribution in [0, 0.1) is 0 Å². The van der Waals surface area contributed by atoms with Crippen molar-refractivity contribution in [2.75, 3.05) is 13.7 Å². The number of carboxylic acids is 1. The summed E-state index contributed by atoms with van der Waals surface area (Å²) >= 11 is 3.33. The second kappa shape index (κ2) is 11.6. The number of aliphatic carboxylic acids is 1. The molecule has 2 rings (SSSR count). The van der Waals surface area contributed by atoms with Gasteiger partial charge in [-0.05, 0) is 29.3 Å². The zero-order valence-electron chi connectivity index (χ0n) is 16.5. The summed E-state index contributed by atoms with van der Waals surface area (Å²) in [4.78, 5) is 34.5. The van der Waals surface area contributed by atoms with Gasteiger partial charge in [-0.1, -0.05) is 40.2 Å². The van der Waals surface area contributed by atoms with E-state index in [2.05, 4.69) is 21.2 Å². The molecule has 0 aliphatic heterocycles. The van der Waals surface area contributed by atoms with Gasteiger partial charge in [0.2, 0.25) is 5.91 Å². The third kappa shape index (κ3) is 7.63. The van der Waals surface area contributed by atoms with Crippen LogP contribution in [0.25, 0.3) is 6.08 Å². The topological polar surface area (TPSA) is 122 Å². The molecular weight excluding hydrogens is 470 g/mol. The van der Waals surface area contributed by atoms with Crippen LogP contribution in [-0.4, -0.2) is 41.7 Å². The van der Waals surface area contributed by atoms with E-state index in [4.69, 9.17) is 14.6 Å². The predicted octanol–water partition coefficient (Wildman–Crippen LogP) is 3.29. The maximum atomic E-state index is 12.6. The number of phenolic OH excluding ortho intramolecular Hbond substituents is 1. The number of rotatable bonds is 9. The zero-order chi connectivity index (χ0) is 22.8. The fraction of sp³-hybridized carbons (Fsp3) is 0.136. The van der Waals surface area contributed by atoms with Crippen molar-refractivity contribution in [1.29, 1.82) is 0 Å². The van der Waals surface area contributed by atoms with E-state index in [0.717, 1.165) is 22.2 Å². The van der Waals surface area contributed by atoms with Crippen LogP contribution in [0.3, 0.4) is 0 Å². The number of methoxy groups -OCH3 is 1. The Hall–Kier alpha value is -3.59. The number of ether oxygens (including phenoxy) is 2. The SMILES string of the molecule is COc1cc(O)c(C(=O)OCc2ccc(Br)cc2)c(C=CCNC(=O)C=CC(=O)O)c1. The minimum atomic E-state index is -1.23. The molecule has 0 aliphatic rings. The number of hydrogen-bond acceptors (Lipinski definition) is 6. The first kappa shape index (κ1) is 23.7. The molecule has 162 valence electrons. The van der Waals surface area contributed by atoms with Crippen LogP contribution in [0.4, 0.5) is 0 Å². The van der Waals surface area contributed by atoms with Crippen molar-refractivity contribution in [3.63, 3.8) is 0 Å². The molecule has 0 heterocycles. The van der Waals surface area contributed by atoms with E-state index < -0.39 is 17.8 Å². The smallest absolute Gasteiger partial charge is 0.342 e. The first-order valence-corrected chi connectivity index (χ1v) is 9.77. The Kier molecular flexibility index (Phi) is 8.83. The molecule has 0 saturated heterocycles. The lowest BCUT2D eigenvalue weighted by Crippen LogP contribution is -2.21. The molecule has 0 atom stereocenters. The summed E-state index contributed by atoms with van der Waals surface area (Å²) in [5.74, 6) is -2.53. The summed E-state index contributed by atoms with van der Waals surface area (Å²) in [6, 6.07) is 10.1. The van der Waals surface area contributed by atoms with Crippen LogP contribution in [0.1, 0.15) is 21.5 Å². The molecule has 0 aliphatic carbocycles. The lowest BCUT2D eigenvalue weighted by atomic mass is 10.0. The molecule has 2 aromatic rings. The molecule has 0 unspecified atom stereocenters. The highest BCUT2D eigenvalue weighted by Gasteiger charge is 2.18. The highest BCUT2D eigenvalue weighted by molar-refractivity contribution is 9.10. The van der Waals surface area contributed by atoms with Gasteiger partial charge in [0, 0.05) is 29.2 Å². The van der Waals surface area contributed by atoms with Gasteiger partial charge in [0.15, 0.2) is 0 Å². The predicted molar refractivity (Wildman–Crippen MR) is 117 cm³/mol. The van der Waals surface area contributed by atoms with E-state index >= 15 is 0 Å². The van der Waals surface area contributed by atoms with Gasteiger partial charge in [-0.25, -0.2) is 9.59 Å². The number of benzene rings is 2. The average molecular weight is 490 g/mol. The average Bonchev–Trinajstić information content (AvgIpc) is 2.74. The fourth-order valence-electron chi connectivity index (χ4n) is 2.45. The van der Waals surface area contributed by atoms with Gasteiger partial charge in [0.05, 0.1) is 7.11 Å². The highest BCUT2D eigenvalue weighted by atomic mass is 79.9. The number of halogens is 1. The number of hydrogen-bond donors (Lipinski definition) is 3. The standard InChI is InChI=1S/C22H20BrNO7/c1-30-17-11-15(3-2-10-24-19(26)8-9-20(27)28)21(18(25)12-17)22(29)31-13-14-4-6-16(23)7-5-14/h2-9,11-12,25H,10,13H2,1H3,(H,24,26)(H,27,28). The Morgan fingerprint density at radius 3 is 2.48 bits per heavy atom. The minimum Gasteiger partial charge on any atom is -0.507 e. The monoisotopic (exact) mass is 489 g/mol. The van der Waals surface area contributed by atoms with Crippen molar-refractivity contribution in [2.24, 2.45) is 0 Å². The quantitative estimate of drug-likeness (QED) is 0.364. The summed E-state index contributed by atoms with van der Waals surface area (Å²) in [7, 11) is 1.42. The Morgan fingerprint density at radius 1 is 1.13 bits per heavy atom. The van der Waals surface area contributed by atoms with Crippen molar-refractivity contribution in [1.82, 2.24) is 5.32 Å². The van der Waals surface area contributed by atoms with E-state index in [9.17, 15) is 19.5 Å². The van der Waals surface area contributed by atoms with Crippen LogP contribution in [0.5, 0.6) is 11.5 Å². The van der Waals surface area contributed by atoms with Crippen molar-refractivity contribution >= 4 is 39.9 Å². The van der Waals surface area contributed by atoms with Crippen molar-refractivity contribution in [2.45, 2.75) is 6.61 Å². The van der Waals surface area contributed by atoms with Crippen molar-refractivity contribution < 1.29 is 34.1 Å². The number of carbonyl (C=O) groups is 3. The van der Waals surface area contributed by atoms with E-state index in [1.807, 2.05) is 12.1 Å². The molecule has 2 aromatic carbocycles. The van der Waals surface area contributed by atoms with Crippen molar-refractivity contribution in [3.8, 4) is 11.5 Å². The van der Waals surface area contributed by atoms with Crippen LogP contribution in [0.15, 0.2) is 59.1 Å². The van der Waals surface area contributed by atoms with E-state index in [-0.39, 0.29) is 24.5 Å². The van der Waals surface area contributed by atoms with Gasteiger partial charge in [-0.2, -0.15) is 0 Å². The number of carbonyl (C=O) groups excluding carboxylic acids is 2. The van der Waals surface area contributed by atoms with Gasteiger partial charge >= 0.3 is 11.9 Å². The summed E-state index contributed by atoms with van der Waals surface area (Å²) in [6.07, 6.45) is 4.66. The lowest BCUT2D eigenvalue weighted by molar-refractivity contribution is -0.131. The fourth-order valence-corrected chi connectivity index (χ4v) is 2.71. The second-order valence-corrected chi connectivity index (χ2v) is 7.05. The van der Waals surface area contributed by atoms with E-state index in [1.54, 1.807) is 18.2 Å². The van der Waals surface area contributed by atoms with Crippen molar-refractivity contribution in [3.05, 3.63) is 75.8 Å². The van der Waals surface area contributed by atoms with Crippen LogP contribution in [0.2, 0.25) is 0 Å². The molecule has 0 bridgehead atoms. The first-order valence-electron chi connectivity index (χ1n) is 8.98. The largest absolute Gasteiger partial charge is 0.507 e. The Labute approximate surface area is 186 Å². The molecule has 0 saturated carbocycles. The summed E-state index contributed by atoms with van der Waals surface area (Å²) in [5, 5.41) is 21.3. The molecule has 0 aromatic heterocycles. The summed E-state index contributed by atoms with van der Waals surface area (Å²) < 4.78 is 11.3. The van der Waals surface area contributed by atoms with Gasteiger partial charge in [0.1, 0.15) is 23.7 Å². The summed E-state index contributed by atoms with van der Waals surface area (Å²) in [5.41, 5.74) is 1.05. The molecule has 31 heavy (non-hydrogen) atoms. The van der Waals surface area contributed by atoms with Gasteiger partial charge in [-0.15, -0.1) is 0 Å². The summed E-state index contributed by atoms with van der Waals surface area (Å²) in [6.45, 7) is 0.0842. The van der Waals surface area contributed by atoms with Gasteiger partial charge in [-0.3, -0.25) is 4.79 Å². The maximum Gasteiger partial charge on any atom is 0.342 e. The third-order valence-electron chi connectivity index (χ3n) is 3.91. The normalized spacial score (nSPS) is 10.9. The zero-order valence-corrected chi connectivity index (χ0v) is 18.1. The number of carboxylic acid groups (broad SMARTS) is 1. The van der Waals surface area contributed by atoms with E-state index in [1.165, 1.54) is 25.3 Å². The molecule has 0 fully saturated rings. The Morgan fingerprint density at radius 2 is 1.84 bits per heavy atom. The Balaban J connectivity index is 2.13. The minimum absolute atomic E-state index is 0.0205. The number of nitrogens with one attached hydrogen (secondary N) is 1. The third-order valence-corrected chi connectivity index (χ3v) is 4.44. The number of amides is 1. The molecule has 1 amide bonds. The lowest BCUT2D eigenvalue weighted by Gasteiger charge is -2.11. The number of esters is 1. The molecule has 8 nitrogen and oxygen atoms in total. The Bertz CT molecular complexity index is 1010. The number of aromatic hydroxyl groups is 1. The highest BCUT2D eigenvalue weighted by Crippen LogP contribution is 2.30. The number of phenols is 1. The van der Waals surface area contributed by atoms with Gasteiger partial charge in [0.25, 0.3) is 0 Å². The molecule has 0 spiro atoms. The molecular formula is C22H20BrNO7. The second-order valence-electron chi connectivity index (χ2n) is 6.13. The van der Waals surface area contributed by atoms with Crippen LogP contribution >= 0.6 is 15.9 Å². The maximum absolute atomic E-state index is 12.6. The molecule has 0 radical (unpaired) electrons. The first-order chi connectivity index (χ1) is 14.8. The molecule has 9 heteroatoms. The molecule has 3 N–H and O–H groups in total. The van der Waals surface area contributed by atoms with Gasteiger partial charge < -0.3 is 25.0 Å².